The van der Waals surface area contributed by atoms with Gasteiger partial charge in [-0.05, 0) is 31.2 Å². The van der Waals surface area contributed by atoms with E-state index in [0.717, 1.165) is 24.0 Å². The summed E-state index contributed by atoms with van der Waals surface area (Å²) in [4.78, 5) is 13.9. The smallest absolute Gasteiger partial charge is 0.257 e. The Labute approximate surface area is 109 Å². The molecule has 1 aromatic carbocycles. The molecule has 2 rings (SSSR count). The minimum absolute atomic E-state index is 0.0159. The number of nitrogens with one attached hydrogen (secondary N) is 1. The molecule has 0 spiro atoms. The first-order valence-electron chi connectivity index (χ1n) is 5.56. The van der Waals surface area contributed by atoms with Crippen molar-refractivity contribution >= 4 is 21.8 Å². The van der Waals surface area contributed by atoms with Crippen LogP contribution in [0, 0.1) is 0 Å². The van der Waals surface area contributed by atoms with Gasteiger partial charge in [0.15, 0.2) is 0 Å². The zero-order valence-corrected chi connectivity index (χ0v) is 11.2. The normalized spacial score (nSPS) is 19.3. The van der Waals surface area contributed by atoms with Crippen molar-refractivity contribution in [3.05, 3.63) is 28.2 Å². The molecular weight excluding hydrogens is 284 g/mol. The largest absolute Gasteiger partial charge is 0.507 e. The van der Waals surface area contributed by atoms with Crippen molar-refractivity contribution in [3.8, 4) is 5.75 Å². The number of likely N-dealkylation sites (N-methyl/N-ethyl adjacent to an activating group) is 1. The Bertz CT molecular complexity index is 431. The molecule has 92 valence electrons. The van der Waals surface area contributed by atoms with Crippen molar-refractivity contribution in [1.29, 1.82) is 0 Å². The molecule has 1 atom stereocenters. The number of rotatable bonds is 2. The lowest BCUT2D eigenvalue weighted by molar-refractivity contribution is 0.0740. The molecule has 2 N–H and O–H groups in total. The summed E-state index contributed by atoms with van der Waals surface area (Å²) in [5.41, 5.74) is 0.350. The molecule has 0 radical (unpaired) electrons. The summed E-state index contributed by atoms with van der Waals surface area (Å²) in [6.07, 6.45) is 0.958. The maximum atomic E-state index is 12.2. The van der Waals surface area contributed by atoms with E-state index in [2.05, 4.69) is 21.2 Å². The second-order valence-corrected chi connectivity index (χ2v) is 5.14. The van der Waals surface area contributed by atoms with Crippen molar-refractivity contribution in [2.75, 3.05) is 20.1 Å². The van der Waals surface area contributed by atoms with Crippen molar-refractivity contribution in [2.24, 2.45) is 0 Å². The average Bonchev–Trinajstić information content (AvgIpc) is 2.80. The standard InChI is InChI=1S/C12H15BrN2O2/c1-15(9-4-5-14-7-9)12(17)10-3-2-8(13)6-11(10)16/h2-3,6,9,14,16H,4-5,7H2,1H3. The first-order valence-corrected chi connectivity index (χ1v) is 6.35. The van der Waals surface area contributed by atoms with Gasteiger partial charge in [-0.1, -0.05) is 15.9 Å². The average molecular weight is 299 g/mol. The quantitative estimate of drug-likeness (QED) is 0.872. The predicted molar refractivity (Wildman–Crippen MR) is 69.2 cm³/mol. The third-order valence-corrected chi connectivity index (χ3v) is 3.59. The van der Waals surface area contributed by atoms with Crippen LogP contribution in [-0.2, 0) is 0 Å². The molecule has 0 aliphatic carbocycles. The summed E-state index contributed by atoms with van der Waals surface area (Å²) in [7, 11) is 1.78. The fourth-order valence-corrected chi connectivity index (χ4v) is 2.36. The SMILES string of the molecule is CN(C(=O)c1ccc(Br)cc1O)C1CCNC1. The summed E-state index contributed by atoms with van der Waals surface area (Å²) in [6, 6.07) is 5.15. The molecule has 5 heteroatoms. The van der Waals surface area contributed by atoms with Gasteiger partial charge in [0.05, 0.1) is 5.56 Å². The molecule has 1 aromatic rings. The number of aromatic hydroxyl groups is 1. The Hall–Kier alpha value is -1.07. The maximum Gasteiger partial charge on any atom is 0.257 e. The van der Waals surface area contributed by atoms with E-state index >= 15 is 0 Å². The molecule has 17 heavy (non-hydrogen) atoms. The van der Waals surface area contributed by atoms with Crippen LogP contribution in [0.15, 0.2) is 22.7 Å². The Balaban J connectivity index is 2.18. The van der Waals surface area contributed by atoms with Crippen LogP contribution in [0.2, 0.25) is 0 Å². The number of phenolic OH excluding ortho intramolecular Hbond substituents is 1. The number of hydrogen-bond donors (Lipinski definition) is 2. The first-order chi connectivity index (χ1) is 8.09. The van der Waals surface area contributed by atoms with Crippen molar-refractivity contribution < 1.29 is 9.90 Å². The van der Waals surface area contributed by atoms with E-state index in [1.54, 1.807) is 24.1 Å². The molecule has 1 aliphatic heterocycles. The lowest BCUT2D eigenvalue weighted by Crippen LogP contribution is -2.38. The van der Waals surface area contributed by atoms with Gasteiger partial charge in [0.1, 0.15) is 5.75 Å². The first kappa shape index (κ1) is 12.4. The molecule has 1 fully saturated rings. The van der Waals surface area contributed by atoms with Gasteiger partial charge in [-0.2, -0.15) is 0 Å². The molecule has 1 saturated heterocycles. The van der Waals surface area contributed by atoms with Crippen LogP contribution in [0.25, 0.3) is 0 Å². The number of halogens is 1. The molecule has 0 aromatic heterocycles. The number of carbonyl (C=O) groups excluding carboxylic acids is 1. The van der Waals surface area contributed by atoms with E-state index in [0.29, 0.717) is 5.56 Å². The Morgan fingerprint density at radius 1 is 1.59 bits per heavy atom. The van der Waals surface area contributed by atoms with E-state index < -0.39 is 0 Å². The molecule has 4 nitrogen and oxygen atoms in total. The van der Waals surface area contributed by atoms with Gasteiger partial charge in [0.2, 0.25) is 0 Å². The second kappa shape index (κ2) is 5.06. The van der Waals surface area contributed by atoms with Gasteiger partial charge in [0, 0.05) is 24.1 Å². The van der Waals surface area contributed by atoms with E-state index in [-0.39, 0.29) is 17.7 Å². The highest BCUT2D eigenvalue weighted by Crippen LogP contribution is 2.24. The Morgan fingerprint density at radius 3 is 2.94 bits per heavy atom. The van der Waals surface area contributed by atoms with Crippen molar-refractivity contribution in [1.82, 2.24) is 10.2 Å². The highest BCUT2D eigenvalue weighted by Gasteiger charge is 2.25. The van der Waals surface area contributed by atoms with Gasteiger partial charge in [-0.15, -0.1) is 0 Å². The van der Waals surface area contributed by atoms with Crippen molar-refractivity contribution in [3.63, 3.8) is 0 Å². The molecule has 1 unspecified atom stereocenters. The summed E-state index contributed by atoms with van der Waals surface area (Å²) in [5.74, 6) is -0.120. The molecule has 0 saturated carbocycles. The van der Waals surface area contributed by atoms with Crippen LogP contribution in [0.4, 0.5) is 0 Å². The zero-order chi connectivity index (χ0) is 12.4. The molecular formula is C12H15BrN2O2. The van der Waals surface area contributed by atoms with Crippen LogP contribution in [0.5, 0.6) is 5.75 Å². The van der Waals surface area contributed by atoms with Crippen LogP contribution in [0.3, 0.4) is 0 Å². The Kier molecular flexibility index (Phi) is 3.69. The summed E-state index contributed by atoms with van der Waals surface area (Å²) in [6.45, 7) is 1.76. The third-order valence-electron chi connectivity index (χ3n) is 3.09. The minimum atomic E-state index is -0.135. The number of phenols is 1. The number of amides is 1. The molecule has 1 aliphatic rings. The topological polar surface area (TPSA) is 52.6 Å². The summed E-state index contributed by atoms with van der Waals surface area (Å²) >= 11 is 3.25. The molecule has 1 heterocycles. The van der Waals surface area contributed by atoms with Crippen LogP contribution in [-0.4, -0.2) is 42.1 Å². The monoisotopic (exact) mass is 298 g/mol. The minimum Gasteiger partial charge on any atom is -0.507 e. The van der Waals surface area contributed by atoms with Gasteiger partial charge >= 0.3 is 0 Å². The van der Waals surface area contributed by atoms with Gasteiger partial charge < -0.3 is 15.3 Å². The van der Waals surface area contributed by atoms with Crippen LogP contribution >= 0.6 is 15.9 Å². The fraction of sp³-hybridized carbons (Fsp3) is 0.417. The van der Waals surface area contributed by atoms with E-state index in [1.807, 2.05) is 0 Å². The highest BCUT2D eigenvalue weighted by atomic mass is 79.9. The highest BCUT2D eigenvalue weighted by molar-refractivity contribution is 9.10. The second-order valence-electron chi connectivity index (χ2n) is 4.22. The van der Waals surface area contributed by atoms with Gasteiger partial charge in [-0.25, -0.2) is 0 Å². The fourth-order valence-electron chi connectivity index (χ4n) is 2.01. The lowest BCUT2D eigenvalue weighted by atomic mass is 10.1. The zero-order valence-electron chi connectivity index (χ0n) is 9.61. The number of benzene rings is 1. The number of nitrogens with zero attached hydrogens (tertiary/aromatic N) is 1. The number of carbonyl (C=O) groups is 1. The predicted octanol–water partition coefficient (Wildman–Crippen LogP) is 1.59. The molecule has 1 amide bonds. The molecule has 0 bridgehead atoms. The van der Waals surface area contributed by atoms with Gasteiger partial charge in [-0.3, -0.25) is 4.79 Å². The number of hydrogen-bond acceptors (Lipinski definition) is 3. The van der Waals surface area contributed by atoms with E-state index in [9.17, 15) is 9.90 Å². The van der Waals surface area contributed by atoms with Gasteiger partial charge in [0.25, 0.3) is 5.91 Å². The summed E-state index contributed by atoms with van der Waals surface area (Å²) < 4.78 is 0.761. The van der Waals surface area contributed by atoms with E-state index in [1.165, 1.54) is 6.07 Å². The van der Waals surface area contributed by atoms with Crippen LogP contribution in [0.1, 0.15) is 16.8 Å². The van der Waals surface area contributed by atoms with E-state index in [4.69, 9.17) is 0 Å². The third kappa shape index (κ3) is 2.61. The van der Waals surface area contributed by atoms with Crippen LogP contribution < -0.4 is 5.32 Å². The summed E-state index contributed by atoms with van der Waals surface area (Å²) in [5, 5.41) is 13.0. The lowest BCUT2D eigenvalue weighted by Gasteiger charge is -2.24. The Morgan fingerprint density at radius 2 is 2.35 bits per heavy atom. The maximum absolute atomic E-state index is 12.2. The van der Waals surface area contributed by atoms with Crippen molar-refractivity contribution in [2.45, 2.75) is 12.5 Å².